The van der Waals surface area contributed by atoms with Crippen molar-refractivity contribution in [3.63, 3.8) is 0 Å². The fourth-order valence-corrected chi connectivity index (χ4v) is 5.00. The Morgan fingerprint density at radius 2 is 1.88 bits per heavy atom. The third kappa shape index (κ3) is 7.13. The number of hydrogen-bond acceptors (Lipinski definition) is 9. The monoisotopic (exact) mass is 590 g/mol. The van der Waals surface area contributed by atoms with Gasteiger partial charge in [0, 0.05) is 16.8 Å². The van der Waals surface area contributed by atoms with E-state index in [0.29, 0.717) is 0 Å². The van der Waals surface area contributed by atoms with Gasteiger partial charge in [-0.25, -0.2) is 13.7 Å². The van der Waals surface area contributed by atoms with Crippen LogP contribution in [0.15, 0.2) is 76.4 Å². The molecule has 1 saturated heterocycles. The maximum atomic E-state index is 15.6. The number of carbonyl (C=O) groups is 1. The quantitative estimate of drug-likeness (QED) is 0.194. The molecular formula is C27H30FN3O9P+. The van der Waals surface area contributed by atoms with Crippen LogP contribution in [-0.4, -0.2) is 56.0 Å². The summed E-state index contributed by atoms with van der Waals surface area (Å²) in [6.45, 7) is 3.65. The van der Waals surface area contributed by atoms with Crippen LogP contribution in [0.2, 0.25) is 0 Å². The van der Waals surface area contributed by atoms with Crippen LogP contribution in [0.25, 0.3) is 0 Å². The average Bonchev–Trinajstić information content (AvgIpc) is 3.17. The number of benzene rings is 2. The number of H-pyrrole nitrogens is 1. The van der Waals surface area contributed by atoms with Crippen molar-refractivity contribution < 1.29 is 37.7 Å². The molecule has 218 valence electrons. The van der Waals surface area contributed by atoms with Crippen LogP contribution >= 0.6 is 8.18 Å². The molecule has 0 bridgehead atoms. The predicted octanol–water partition coefficient (Wildman–Crippen LogP) is 2.93. The van der Waals surface area contributed by atoms with Crippen molar-refractivity contribution in [2.24, 2.45) is 0 Å². The highest BCUT2D eigenvalue weighted by Crippen LogP contribution is 2.41. The molecule has 0 aliphatic carbocycles. The van der Waals surface area contributed by atoms with E-state index in [-0.39, 0.29) is 12.4 Å². The maximum Gasteiger partial charge on any atom is 0.693 e. The zero-order chi connectivity index (χ0) is 29.7. The van der Waals surface area contributed by atoms with Crippen molar-refractivity contribution in [1.29, 1.82) is 0 Å². The van der Waals surface area contributed by atoms with Crippen molar-refractivity contribution in [2.45, 2.75) is 57.5 Å². The standard InChI is InChI=1S/C27H29FN3O9P/c1-17-9-11-20(12-10-17)40-41(36)31(18(2)24(34)37-15-19-7-5-4-6-8-19)38-16-21-23(33)27(3,28)25(39-21)30-14-13-22(32)29-26(30)35/h4-14,18,21,23,25,33H,15-16H2,1-3H3/p+1/t18?,21-,23-,25-,27-/m1/s1. The first kappa shape index (κ1) is 30.2. The third-order valence-corrected chi connectivity index (χ3v) is 7.60. The van der Waals surface area contributed by atoms with Gasteiger partial charge in [-0.15, -0.1) is 0 Å². The van der Waals surface area contributed by atoms with Gasteiger partial charge in [0.1, 0.15) is 25.4 Å². The first-order chi connectivity index (χ1) is 19.5. The minimum absolute atomic E-state index is 0.0479. The zero-order valence-electron chi connectivity index (χ0n) is 22.5. The lowest BCUT2D eigenvalue weighted by Crippen LogP contribution is -2.44. The summed E-state index contributed by atoms with van der Waals surface area (Å²) in [6.07, 6.45) is -3.74. The number of esters is 1. The number of halogens is 1. The Morgan fingerprint density at radius 1 is 1.20 bits per heavy atom. The molecule has 3 aromatic rings. The van der Waals surface area contributed by atoms with Gasteiger partial charge in [-0.2, -0.15) is 0 Å². The number of aromatic amines is 1. The second-order valence-electron chi connectivity index (χ2n) is 9.65. The number of alkyl halides is 1. The Kier molecular flexibility index (Phi) is 9.46. The van der Waals surface area contributed by atoms with Gasteiger partial charge in [-0.05, 0) is 38.5 Å². The smallest absolute Gasteiger partial charge is 0.459 e. The highest BCUT2D eigenvalue weighted by atomic mass is 31.1. The van der Waals surface area contributed by atoms with E-state index in [2.05, 4.69) is 0 Å². The maximum absolute atomic E-state index is 15.6. The van der Waals surface area contributed by atoms with E-state index in [4.69, 9.17) is 18.8 Å². The molecule has 2 unspecified atom stereocenters. The van der Waals surface area contributed by atoms with Crippen LogP contribution in [0.3, 0.4) is 0 Å². The van der Waals surface area contributed by atoms with E-state index in [0.717, 1.165) is 39.7 Å². The lowest BCUT2D eigenvalue weighted by molar-refractivity contribution is -0.181. The number of nitrogens with one attached hydrogen (secondary N) is 1. The Morgan fingerprint density at radius 3 is 2.54 bits per heavy atom. The molecule has 4 rings (SSSR count). The molecule has 14 heteroatoms. The first-order valence-electron chi connectivity index (χ1n) is 12.7. The number of hydroxylamine groups is 1. The molecule has 1 fully saturated rings. The largest absolute Gasteiger partial charge is 0.693 e. The van der Waals surface area contributed by atoms with Gasteiger partial charge in [-0.1, -0.05) is 48.0 Å². The molecule has 2 aromatic carbocycles. The molecule has 2 heterocycles. The third-order valence-electron chi connectivity index (χ3n) is 6.45. The first-order valence-corrected chi connectivity index (χ1v) is 13.8. The van der Waals surface area contributed by atoms with Gasteiger partial charge in [0.25, 0.3) is 5.56 Å². The highest BCUT2D eigenvalue weighted by Gasteiger charge is 2.56. The van der Waals surface area contributed by atoms with Gasteiger partial charge in [0.15, 0.2) is 23.7 Å². The average molecular weight is 591 g/mol. The van der Waals surface area contributed by atoms with Crippen molar-refractivity contribution in [1.82, 2.24) is 14.4 Å². The summed E-state index contributed by atoms with van der Waals surface area (Å²) in [7, 11) is -2.85. The van der Waals surface area contributed by atoms with E-state index >= 15 is 4.39 Å². The lowest BCUT2D eigenvalue weighted by atomic mass is 9.98. The number of ether oxygens (including phenoxy) is 2. The van der Waals surface area contributed by atoms with Crippen LogP contribution < -0.4 is 15.8 Å². The summed E-state index contributed by atoms with van der Waals surface area (Å²) >= 11 is 0. The Labute approximate surface area is 235 Å². The minimum Gasteiger partial charge on any atom is -0.459 e. The fraction of sp³-hybridized carbons (Fsp3) is 0.370. The number of carbonyl (C=O) groups excluding carboxylic acids is 1. The van der Waals surface area contributed by atoms with Crippen LogP contribution in [-0.2, 0) is 30.3 Å². The summed E-state index contributed by atoms with van der Waals surface area (Å²) in [6, 6.07) is 15.3. The lowest BCUT2D eigenvalue weighted by Gasteiger charge is -2.24. The molecule has 1 aliphatic rings. The SMILES string of the molecule is Cc1ccc(O[P+](=O)N(OC[C@H]2O[C@@H](n3ccc(=O)[nH]c3=O)[C@](C)(F)[C@@H]2O)C(C)C(=O)OCc2ccccc2)cc1. The highest BCUT2D eigenvalue weighted by molar-refractivity contribution is 7.36. The van der Waals surface area contributed by atoms with Gasteiger partial charge in [-0.3, -0.25) is 24.0 Å². The second kappa shape index (κ2) is 12.8. The topological polar surface area (TPSA) is 149 Å². The van der Waals surface area contributed by atoms with Crippen molar-refractivity contribution in [2.75, 3.05) is 6.61 Å². The molecule has 12 nitrogen and oxygen atoms in total. The van der Waals surface area contributed by atoms with Gasteiger partial charge < -0.3 is 14.6 Å². The molecule has 0 radical (unpaired) electrons. The summed E-state index contributed by atoms with van der Waals surface area (Å²) in [5.74, 6) is -0.549. The second-order valence-corrected chi connectivity index (χ2v) is 10.7. The summed E-state index contributed by atoms with van der Waals surface area (Å²) < 4.78 is 46.1. The molecule has 6 atom stereocenters. The van der Waals surface area contributed by atoms with E-state index in [1.165, 1.54) is 6.92 Å². The number of aliphatic hydroxyl groups is 1. The van der Waals surface area contributed by atoms with E-state index in [1.807, 2.05) is 18.0 Å². The summed E-state index contributed by atoms with van der Waals surface area (Å²) in [5, 5.41) is 10.7. The number of rotatable bonds is 11. The van der Waals surface area contributed by atoms with Crippen molar-refractivity contribution >= 4 is 14.1 Å². The van der Waals surface area contributed by atoms with Crippen LogP contribution in [0.5, 0.6) is 5.75 Å². The van der Waals surface area contributed by atoms with E-state index in [9.17, 15) is 24.1 Å². The number of hydrogen-bond donors (Lipinski definition) is 2. The fourth-order valence-electron chi connectivity index (χ4n) is 4.08. The van der Waals surface area contributed by atoms with Crippen LogP contribution in [0, 0.1) is 6.92 Å². The zero-order valence-corrected chi connectivity index (χ0v) is 23.4. The van der Waals surface area contributed by atoms with Crippen molar-refractivity contribution in [3.8, 4) is 5.75 Å². The molecule has 1 aromatic heterocycles. The van der Waals surface area contributed by atoms with Gasteiger partial charge >= 0.3 is 19.8 Å². The summed E-state index contributed by atoms with van der Waals surface area (Å²) in [4.78, 5) is 45.0. The molecule has 41 heavy (non-hydrogen) atoms. The van der Waals surface area contributed by atoms with E-state index < -0.39 is 62.2 Å². The number of aromatic nitrogens is 2. The minimum atomic E-state index is -2.85. The molecular weight excluding hydrogens is 560 g/mol. The van der Waals surface area contributed by atoms with Crippen LogP contribution in [0.1, 0.15) is 31.2 Å². The molecule has 0 spiro atoms. The molecule has 0 amide bonds. The van der Waals surface area contributed by atoms with Crippen LogP contribution in [0.4, 0.5) is 4.39 Å². The Hall–Kier alpha value is -3.74. The molecule has 1 aliphatic heterocycles. The molecule has 0 saturated carbocycles. The number of aryl methyl sites for hydroxylation is 1. The Bertz CT molecular complexity index is 1480. The number of nitrogens with zero attached hydrogens (tertiary/aromatic N) is 2. The Balaban J connectivity index is 1.50. The van der Waals surface area contributed by atoms with E-state index in [1.54, 1.807) is 48.5 Å². The summed E-state index contributed by atoms with van der Waals surface area (Å²) in [5.41, 5.74) is -2.44. The normalized spacial score (nSPS) is 23.3. The molecule has 2 N–H and O–H groups in total. The van der Waals surface area contributed by atoms with Crippen molar-refractivity contribution in [3.05, 3.63) is 98.8 Å². The number of aliphatic hydroxyl groups excluding tert-OH is 1. The van der Waals surface area contributed by atoms with Gasteiger partial charge in [0.05, 0.1) is 4.83 Å². The van der Waals surface area contributed by atoms with Gasteiger partial charge in [0.2, 0.25) is 0 Å². The predicted molar refractivity (Wildman–Crippen MR) is 144 cm³/mol.